The predicted octanol–water partition coefficient (Wildman–Crippen LogP) is 4.50. The van der Waals surface area contributed by atoms with Gasteiger partial charge in [-0.2, -0.15) is 0 Å². The van der Waals surface area contributed by atoms with E-state index >= 15 is 0 Å². The average Bonchev–Trinajstić information content (AvgIpc) is 2.62. The van der Waals surface area contributed by atoms with Gasteiger partial charge in [-0.25, -0.2) is 4.98 Å². The van der Waals surface area contributed by atoms with Gasteiger partial charge in [-0.05, 0) is 49.0 Å². The minimum Gasteiger partial charge on any atom is -0.403 e. The van der Waals surface area contributed by atoms with Crippen molar-refractivity contribution in [3.8, 4) is 0 Å². The Kier molecular flexibility index (Phi) is 5.84. The third-order valence-corrected chi connectivity index (χ3v) is 10.1. The van der Waals surface area contributed by atoms with Crippen molar-refractivity contribution in [2.75, 3.05) is 5.73 Å². The van der Waals surface area contributed by atoms with Gasteiger partial charge in [-0.15, -0.1) is 0 Å². The first-order valence-electron chi connectivity index (χ1n) is 9.00. The number of nitrogens with two attached hydrogens (primary N) is 1. The molecule has 2 aromatic carbocycles. The minimum atomic E-state index is -2.54. The van der Waals surface area contributed by atoms with Gasteiger partial charge in [0.2, 0.25) is 0 Å². The molecule has 0 aliphatic heterocycles. The lowest BCUT2D eigenvalue weighted by atomic mass is 10.2. The number of pyridine rings is 1. The van der Waals surface area contributed by atoms with Crippen LogP contribution in [-0.2, 0) is 11.0 Å². The molecule has 0 amide bonds. The zero-order chi connectivity index (χ0) is 19.5. The Hall–Kier alpha value is -1.95. The topological polar surface area (TPSA) is 48.1 Å². The highest BCUT2D eigenvalue weighted by atomic mass is 79.9. The van der Waals surface area contributed by atoms with Crippen molar-refractivity contribution in [1.29, 1.82) is 0 Å². The van der Waals surface area contributed by atoms with E-state index in [9.17, 15) is 0 Å². The monoisotopic (exact) mass is 440 g/mol. The molecule has 0 unspecified atom stereocenters. The van der Waals surface area contributed by atoms with Crippen molar-refractivity contribution >= 4 is 40.4 Å². The average molecular weight is 441 g/mol. The zero-order valence-electron chi connectivity index (χ0n) is 15.9. The first-order valence-corrected chi connectivity index (χ1v) is 11.7. The van der Waals surface area contributed by atoms with E-state index in [4.69, 9.17) is 10.2 Å². The number of hydrogen-bond donors (Lipinski definition) is 1. The van der Waals surface area contributed by atoms with Crippen molar-refractivity contribution in [2.45, 2.75) is 32.4 Å². The highest BCUT2D eigenvalue weighted by Crippen LogP contribution is 2.37. The largest absolute Gasteiger partial charge is 0.403 e. The molecule has 1 heterocycles. The molecule has 0 aliphatic rings. The molecule has 140 valence electrons. The van der Waals surface area contributed by atoms with Gasteiger partial charge in [0, 0.05) is 0 Å². The lowest BCUT2D eigenvalue weighted by Gasteiger charge is -2.43. The van der Waals surface area contributed by atoms with E-state index in [0.717, 1.165) is 10.2 Å². The van der Waals surface area contributed by atoms with Crippen molar-refractivity contribution in [3.05, 3.63) is 83.0 Å². The molecule has 0 aliphatic carbocycles. The maximum absolute atomic E-state index is 6.90. The Balaban J connectivity index is 2.11. The summed E-state index contributed by atoms with van der Waals surface area (Å²) in [5.74, 6) is 0.491. The Bertz CT molecular complexity index is 835. The molecule has 0 atom stereocenters. The summed E-state index contributed by atoms with van der Waals surface area (Å²) in [7, 11) is -2.54. The first-order chi connectivity index (χ1) is 12.8. The number of hydrogen-bond acceptors (Lipinski definition) is 3. The highest BCUT2D eigenvalue weighted by molar-refractivity contribution is 9.10. The summed E-state index contributed by atoms with van der Waals surface area (Å²) < 4.78 is 7.62. The predicted molar refractivity (Wildman–Crippen MR) is 119 cm³/mol. The van der Waals surface area contributed by atoms with E-state index in [1.807, 2.05) is 12.1 Å². The molecule has 0 bridgehead atoms. The summed E-state index contributed by atoms with van der Waals surface area (Å²) in [5.41, 5.74) is 6.94. The number of nitrogens with zero attached hydrogens (tertiary/aromatic N) is 1. The van der Waals surface area contributed by atoms with Crippen LogP contribution >= 0.6 is 15.9 Å². The Morgan fingerprint density at radius 2 is 1.44 bits per heavy atom. The van der Waals surface area contributed by atoms with Crippen molar-refractivity contribution in [3.63, 3.8) is 0 Å². The van der Waals surface area contributed by atoms with Crippen molar-refractivity contribution in [2.24, 2.45) is 0 Å². The molecule has 0 fully saturated rings. The van der Waals surface area contributed by atoms with Crippen LogP contribution in [0.2, 0.25) is 5.04 Å². The van der Waals surface area contributed by atoms with E-state index in [1.54, 1.807) is 0 Å². The van der Waals surface area contributed by atoms with Crippen LogP contribution in [0.1, 0.15) is 26.3 Å². The maximum atomic E-state index is 6.90. The SMILES string of the molecule is CC(C)(C)[Si](OCc1cc(N)nc(Br)c1)(c1ccccc1)c1ccccc1. The summed E-state index contributed by atoms with van der Waals surface area (Å²) in [4.78, 5) is 4.19. The molecule has 0 spiro atoms. The van der Waals surface area contributed by atoms with Gasteiger partial charge in [-0.3, -0.25) is 0 Å². The Labute approximate surface area is 170 Å². The third-order valence-electron chi connectivity index (χ3n) is 4.75. The molecule has 0 radical (unpaired) electrons. The minimum absolute atomic E-state index is 0.0501. The summed E-state index contributed by atoms with van der Waals surface area (Å²) in [6.07, 6.45) is 0. The van der Waals surface area contributed by atoms with Crippen molar-refractivity contribution < 1.29 is 4.43 Å². The lowest BCUT2D eigenvalue weighted by molar-refractivity contribution is 0.286. The summed E-state index contributed by atoms with van der Waals surface area (Å²) >= 11 is 3.43. The van der Waals surface area contributed by atoms with Gasteiger partial charge >= 0.3 is 0 Å². The molecule has 1 aromatic heterocycles. The van der Waals surface area contributed by atoms with Crippen LogP contribution in [0.3, 0.4) is 0 Å². The van der Waals surface area contributed by atoms with E-state index in [-0.39, 0.29) is 5.04 Å². The molecule has 0 saturated heterocycles. The lowest BCUT2D eigenvalue weighted by Crippen LogP contribution is -2.66. The summed E-state index contributed by atoms with van der Waals surface area (Å²) in [5, 5.41) is 2.49. The van der Waals surface area contributed by atoms with E-state index < -0.39 is 8.32 Å². The molecule has 0 saturated carbocycles. The third kappa shape index (κ3) is 4.15. The van der Waals surface area contributed by atoms with Gasteiger partial charge in [0.05, 0.1) is 6.61 Å². The normalized spacial score (nSPS) is 12.1. The molecule has 3 aromatic rings. The molecule has 2 N–H and O–H groups in total. The molecule has 5 heteroatoms. The van der Waals surface area contributed by atoms with Crippen molar-refractivity contribution in [1.82, 2.24) is 4.98 Å². The second-order valence-electron chi connectivity index (χ2n) is 7.67. The van der Waals surface area contributed by atoms with Crippen LogP contribution in [0.25, 0.3) is 0 Å². The number of benzene rings is 2. The molecular weight excluding hydrogens is 416 g/mol. The van der Waals surface area contributed by atoms with E-state index in [1.165, 1.54) is 10.4 Å². The number of rotatable bonds is 5. The van der Waals surface area contributed by atoms with E-state index in [0.29, 0.717) is 12.4 Å². The van der Waals surface area contributed by atoms with Crippen LogP contribution in [-0.4, -0.2) is 13.3 Å². The van der Waals surface area contributed by atoms with Crippen LogP contribution in [0.4, 0.5) is 5.82 Å². The van der Waals surface area contributed by atoms with E-state index in [2.05, 4.69) is 102 Å². The first kappa shape index (κ1) is 19.8. The fraction of sp³-hybridized carbons (Fsp3) is 0.227. The van der Waals surface area contributed by atoms with Gasteiger partial charge in [-0.1, -0.05) is 81.4 Å². The molecular formula is C22H25BrN2OSi. The van der Waals surface area contributed by atoms with Gasteiger partial charge < -0.3 is 10.2 Å². The highest BCUT2D eigenvalue weighted by Gasteiger charge is 2.50. The Morgan fingerprint density at radius 3 is 1.89 bits per heavy atom. The fourth-order valence-electron chi connectivity index (χ4n) is 3.61. The smallest absolute Gasteiger partial charge is 0.261 e. The zero-order valence-corrected chi connectivity index (χ0v) is 18.5. The maximum Gasteiger partial charge on any atom is 0.261 e. The van der Waals surface area contributed by atoms with Crippen LogP contribution in [0, 0.1) is 0 Å². The number of aromatic nitrogens is 1. The molecule has 27 heavy (non-hydrogen) atoms. The summed E-state index contributed by atoms with van der Waals surface area (Å²) in [6.45, 7) is 7.31. The number of nitrogen functional groups attached to an aromatic ring is 1. The Morgan fingerprint density at radius 1 is 0.926 bits per heavy atom. The van der Waals surface area contributed by atoms with Gasteiger partial charge in [0.15, 0.2) is 0 Å². The number of anilines is 1. The molecule has 3 nitrogen and oxygen atoms in total. The molecule has 3 rings (SSSR count). The van der Waals surface area contributed by atoms with Crippen LogP contribution in [0.5, 0.6) is 0 Å². The quantitative estimate of drug-likeness (QED) is 0.469. The number of halogens is 1. The second-order valence-corrected chi connectivity index (χ2v) is 12.8. The van der Waals surface area contributed by atoms with Gasteiger partial charge in [0.25, 0.3) is 8.32 Å². The van der Waals surface area contributed by atoms with Crippen LogP contribution < -0.4 is 16.1 Å². The fourth-order valence-corrected chi connectivity index (χ4v) is 8.65. The van der Waals surface area contributed by atoms with Gasteiger partial charge in [0.1, 0.15) is 10.4 Å². The second kappa shape index (κ2) is 7.96. The summed E-state index contributed by atoms with van der Waals surface area (Å²) in [6, 6.07) is 25.1. The standard InChI is InChI=1S/C22H25BrN2OSi/c1-22(2,3)27(18-10-6-4-7-11-18,19-12-8-5-9-13-19)26-16-17-14-20(23)25-21(24)15-17/h4-15H,16H2,1-3H3,(H2,24,25). The van der Waals surface area contributed by atoms with Crippen LogP contribution in [0.15, 0.2) is 77.4 Å².